The molecule has 1 aromatic carbocycles. The lowest BCUT2D eigenvalue weighted by Gasteiger charge is -2.14. The van der Waals surface area contributed by atoms with E-state index in [1.54, 1.807) is 6.20 Å². The van der Waals surface area contributed by atoms with Crippen LogP contribution in [0.15, 0.2) is 36.7 Å². The van der Waals surface area contributed by atoms with Gasteiger partial charge in [-0.1, -0.05) is 41.1 Å². The first kappa shape index (κ1) is 14.0. The Morgan fingerprint density at radius 3 is 2.81 bits per heavy atom. The molecule has 5 nitrogen and oxygen atoms in total. The summed E-state index contributed by atoms with van der Waals surface area (Å²) in [6, 6.07) is 7.65. The third kappa shape index (κ3) is 2.91. The molecule has 3 aromatic rings. The third-order valence-corrected chi connectivity index (χ3v) is 4.55. The van der Waals surface area contributed by atoms with Gasteiger partial charge in [-0.05, 0) is 6.07 Å². The summed E-state index contributed by atoms with van der Waals surface area (Å²) in [5, 5.41) is 10.8. The van der Waals surface area contributed by atoms with Crippen molar-refractivity contribution >= 4 is 28.1 Å². The highest BCUT2D eigenvalue weighted by molar-refractivity contribution is 7.18. The molecule has 0 atom stereocenters. The topological polar surface area (TPSA) is 46.8 Å². The van der Waals surface area contributed by atoms with Crippen molar-refractivity contribution in [2.24, 2.45) is 7.05 Å². The van der Waals surface area contributed by atoms with Crippen LogP contribution in [0, 0.1) is 0 Å². The molecule has 0 radical (unpaired) electrons. The number of rotatable bonds is 4. The van der Waals surface area contributed by atoms with Crippen LogP contribution in [0.4, 0.5) is 5.13 Å². The van der Waals surface area contributed by atoms with Crippen LogP contribution in [0.25, 0.3) is 10.6 Å². The number of imidazole rings is 1. The minimum absolute atomic E-state index is 0.681. The Labute approximate surface area is 131 Å². The molecule has 0 bridgehead atoms. The zero-order valence-corrected chi connectivity index (χ0v) is 13.3. The summed E-state index contributed by atoms with van der Waals surface area (Å²) < 4.78 is 1.99. The van der Waals surface area contributed by atoms with Gasteiger partial charge in [-0.3, -0.25) is 0 Å². The Morgan fingerprint density at radius 1 is 1.29 bits per heavy atom. The highest BCUT2D eigenvalue weighted by Gasteiger charge is 2.13. The Bertz CT molecular complexity index is 751. The van der Waals surface area contributed by atoms with E-state index in [2.05, 4.69) is 15.2 Å². The summed E-state index contributed by atoms with van der Waals surface area (Å²) in [5.74, 6) is 0.979. The summed E-state index contributed by atoms with van der Waals surface area (Å²) in [4.78, 5) is 6.35. The van der Waals surface area contributed by atoms with E-state index in [1.807, 2.05) is 54.0 Å². The molecule has 0 aliphatic rings. The SMILES string of the molecule is CN(Cc1nccn1C)c1nnc(-c2ccccc2Cl)s1. The van der Waals surface area contributed by atoms with E-state index in [0.29, 0.717) is 11.6 Å². The van der Waals surface area contributed by atoms with Crippen molar-refractivity contribution in [3.05, 3.63) is 47.5 Å². The number of hydrogen-bond acceptors (Lipinski definition) is 5. The van der Waals surface area contributed by atoms with Gasteiger partial charge in [0.25, 0.3) is 0 Å². The lowest BCUT2D eigenvalue weighted by Crippen LogP contribution is -2.18. The van der Waals surface area contributed by atoms with Crippen LogP contribution in [-0.2, 0) is 13.6 Å². The predicted octanol–water partition coefficient (Wildman–Crippen LogP) is 3.23. The van der Waals surface area contributed by atoms with E-state index in [9.17, 15) is 0 Å². The highest BCUT2D eigenvalue weighted by atomic mass is 35.5. The van der Waals surface area contributed by atoms with Gasteiger partial charge in [0, 0.05) is 32.1 Å². The molecular weight excluding hydrogens is 306 g/mol. The van der Waals surface area contributed by atoms with E-state index in [4.69, 9.17) is 11.6 Å². The van der Waals surface area contributed by atoms with Gasteiger partial charge in [0.2, 0.25) is 5.13 Å². The van der Waals surface area contributed by atoms with E-state index < -0.39 is 0 Å². The average molecular weight is 320 g/mol. The molecule has 3 rings (SSSR count). The van der Waals surface area contributed by atoms with Crippen LogP contribution in [0.2, 0.25) is 5.02 Å². The smallest absolute Gasteiger partial charge is 0.208 e. The van der Waals surface area contributed by atoms with Gasteiger partial charge in [0.15, 0.2) is 5.01 Å². The number of anilines is 1. The maximum Gasteiger partial charge on any atom is 0.208 e. The van der Waals surface area contributed by atoms with Crippen molar-refractivity contribution in [3.8, 4) is 10.6 Å². The fourth-order valence-electron chi connectivity index (χ4n) is 1.94. The molecule has 108 valence electrons. The van der Waals surface area contributed by atoms with Crippen molar-refractivity contribution in [2.45, 2.75) is 6.54 Å². The molecular formula is C14H14ClN5S. The molecule has 0 aliphatic heterocycles. The normalized spacial score (nSPS) is 10.8. The fourth-order valence-corrected chi connectivity index (χ4v) is 3.07. The van der Waals surface area contributed by atoms with E-state index >= 15 is 0 Å². The van der Waals surface area contributed by atoms with E-state index in [0.717, 1.165) is 21.5 Å². The molecule has 0 spiro atoms. The summed E-state index contributed by atoms with van der Waals surface area (Å²) >= 11 is 7.71. The standard InChI is InChI=1S/C14H14ClN5S/c1-19-8-7-16-12(19)9-20(2)14-18-17-13(21-14)10-5-3-4-6-11(10)15/h3-8H,9H2,1-2H3. The molecule has 0 N–H and O–H groups in total. The molecule has 21 heavy (non-hydrogen) atoms. The van der Waals surface area contributed by atoms with Crippen molar-refractivity contribution < 1.29 is 0 Å². The molecule has 0 amide bonds. The average Bonchev–Trinajstić information content (AvgIpc) is 3.09. The maximum atomic E-state index is 6.20. The zero-order chi connectivity index (χ0) is 14.8. The Hall–Kier alpha value is -1.92. The van der Waals surface area contributed by atoms with Crippen molar-refractivity contribution in [2.75, 3.05) is 11.9 Å². The first-order valence-corrected chi connectivity index (χ1v) is 7.60. The lowest BCUT2D eigenvalue weighted by molar-refractivity contribution is 0.757. The number of nitrogens with zero attached hydrogens (tertiary/aromatic N) is 5. The first-order chi connectivity index (χ1) is 10.1. The van der Waals surface area contributed by atoms with Gasteiger partial charge in [0.1, 0.15) is 5.82 Å². The second-order valence-electron chi connectivity index (χ2n) is 4.68. The number of aromatic nitrogens is 4. The zero-order valence-electron chi connectivity index (χ0n) is 11.7. The molecule has 0 saturated carbocycles. The van der Waals surface area contributed by atoms with Crippen LogP contribution >= 0.6 is 22.9 Å². The van der Waals surface area contributed by atoms with E-state index in [-0.39, 0.29) is 0 Å². The minimum atomic E-state index is 0.681. The Balaban J connectivity index is 1.82. The molecule has 2 heterocycles. The molecule has 0 fully saturated rings. The van der Waals surface area contributed by atoms with Crippen LogP contribution < -0.4 is 4.90 Å². The second-order valence-corrected chi connectivity index (χ2v) is 6.04. The van der Waals surface area contributed by atoms with Gasteiger partial charge in [-0.15, -0.1) is 10.2 Å². The van der Waals surface area contributed by atoms with Crippen LogP contribution in [0.1, 0.15) is 5.82 Å². The number of hydrogen-bond donors (Lipinski definition) is 0. The van der Waals surface area contributed by atoms with Crippen LogP contribution in [0.5, 0.6) is 0 Å². The maximum absolute atomic E-state index is 6.20. The summed E-state index contributed by atoms with van der Waals surface area (Å²) in [7, 11) is 3.96. The molecule has 0 unspecified atom stereocenters. The molecule has 7 heteroatoms. The van der Waals surface area contributed by atoms with Crippen molar-refractivity contribution in [1.29, 1.82) is 0 Å². The Morgan fingerprint density at radius 2 is 2.10 bits per heavy atom. The van der Waals surface area contributed by atoms with Gasteiger partial charge in [0.05, 0.1) is 11.6 Å². The largest absolute Gasteiger partial charge is 0.342 e. The van der Waals surface area contributed by atoms with Gasteiger partial charge in [-0.25, -0.2) is 4.98 Å². The first-order valence-electron chi connectivity index (χ1n) is 6.41. The minimum Gasteiger partial charge on any atom is -0.342 e. The third-order valence-electron chi connectivity index (χ3n) is 3.14. The van der Waals surface area contributed by atoms with Gasteiger partial charge < -0.3 is 9.47 Å². The van der Waals surface area contributed by atoms with Crippen LogP contribution in [0.3, 0.4) is 0 Å². The molecule has 2 aromatic heterocycles. The van der Waals surface area contributed by atoms with Gasteiger partial charge in [-0.2, -0.15) is 0 Å². The summed E-state index contributed by atoms with van der Waals surface area (Å²) in [6.07, 6.45) is 3.72. The highest BCUT2D eigenvalue weighted by Crippen LogP contribution is 2.32. The van der Waals surface area contributed by atoms with Crippen LogP contribution in [-0.4, -0.2) is 26.8 Å². The summed E-state index contributed by atoms with van der Waals surface area (Å²) in [6.45, 7) is 0.681. The van der Waals surface area contributed by atoms with Gasteiger partial charge >= 0.3 is 0 Å². The quantitative estimate of drug-likeness (QED) is 0.740. The molecule has 0 aliphatic carbocycles. The monoisotopic (exact) mass is 319 g/mol. The Kier molecular flexibility index (Phi) is 3.90. The summed E-state index contributed by atoms with van der Waals surface area (Å²) in [5.41, 5.74) is 0.910. The second kappa shape index (κ2) is 5.83. The van der Waals surface area contributed by atoms with E-state index in [1.165, 1.54) is 11.3 Å². The number of aryl methyl sites for hydroxylation is 1. The number of benzene rings is 1. The van der Waals surface area contributed by atoms with Crippen molar-refractivity contribution in [3.63, 3.8) is 0 Å². The lowest BCUT2D eigenvalue weighted by atomic mass is 10.2. The number of halogens is 1. The van der Waals surface area contributed by atoms with Crippen molar-refractivity contribution in [1.82, 2.24) is 19.7 Å². The predicted molar refractivity (Wildman–Crippen MR) is 85.7 cm³/mol. The fraction of sp³-hybridized carbons (Fsp3) is 0.214. The molecule has 0 saturated heterocycles.